The number of benzene rings is 1. The summed E-state index contributed by atoms with van der Waals surface area (Å²) in [4.78, 5) is 0. The average molecular weight is 218 g/mol. The van der Waals surface area contributed by atoms with Gasteiger partial charge in [0, 0.05) is 0 Å². The first kappa shape index (κ1) is 10.8. The molecule has 0 spiro atoms. The normalized spacial score (nSPS) is 10.3. The summed E-state index contributed by atoms with van der Waals surface area (Å²) in [6, 6.07) is 11.6. The molecule has 2 aromatic rings. The molecule has 84 valence electrons. The summed E-state index contributed by atoms with van der Waals surface area (Å²) in [5, 5.41) is 0. The van der Waals surface area contributed by atoms with Gasteiger partial charge in [0.05, 0.1) is 20.0 Å². The highest BCUT2D eigenvalue weighted by Crippen LogP contribution is 2.12. The number of furan rings is 1. The molecule has 0 saturated carbocycles. The summed E-state index contributed by atoms with van der Waals surface area (Å²) in [7, 11) is 1.66. The Bertz CT molecular complexity index is 403. The quantitative estimate of drug-likeness (QED) is 0.773. The summed E-state index contributed by atoms with van der Waals surface area (Å²) in [6.45, 7) is 1.07. The zero-order valence-corrected chi connectivity index (χ0v) is 9.18. The number of rotatable bonds is 5. The maximum Gasteiger partial charge on any atom is 0.129 e. The maximum atomic E-state index is 5.50. The lowest BCUT2D eigenvalue weighted by Gasteiger charge is -2.04. The second-order valence-electron chi connectivity index (χ2n) is 3.42. The van der Waals surface area contributed by atoms with Gasteiger partial charge in [-0.3, -0.25) is 0 Å². The highest BCUT2D eigenvalue weighted by atomic mass is 16.5. The van der Waals surface area contributed by atoms with Gasteiger partial charge in [-0.15, -0.1) is 0 Å². The summed E-state index contributed by atoms with van der Waals surface area (Å²) >= 11 is 0. The minimum absolute atomic E-state index is 0.499. The van der Waals surface area contributed by atoms with Crippen LogP contribution in [0.2, 0.25) is 0 Å². The molecule has 0 aliphatic heterocycles. The van der Waals surface area contributed by atoms with Gasteiger partial charge < -0.3 is 13.9 Å². The van der Waals surface area contributed by atoms with Crippen LogP contribution >= 0.6 is 0 Å². The molecule has 2 rings (SSSR count). The molecule has 0 radical (unpaired) electrons. The van der Waals surface area contributed by atoms with Crippen molar-refractivity contribution < 1.29 is 13.9 Å². The average Bonchev–Trinajstić information content (AvgIpc) is 2.83. The van der Waals surface area contributed by atoms with Crippen molar-refractivity contribution in [1.29, 1.82) is 0 Å². The van der Waals surface area contributed by atoms with Crippen molar-refractivity contribution in [3.05, 3.63) is 54.0 Å². The van der Waals surface area contributed by atoms with E-state index in [4.69, 9.17) is 13.9 Å². The van der Waals surface area contributed by atoms with E-state index in [0.717, 1.165) is 17.1 Å². The van der Waals surface area contributed by atoms with Gasteiger partial charge in [-0.25, -0.2) is 0 Å². The third kappa shape index (κ3) is 2.87. The molecule has 0 amide bonds. The van der Waals surface area contributed by atoms with E-state index in [1.807, 2.05) is 36.4 Å². The van der Waals surface area contributed by atoms with E-state index in [2.05, 4.69) is 0 Å². The van der Waals surface area contributed by atoms with Crippen molar-refractivity contribution >= 4 is 0 Å². The molecule has 16 heavy (non-hydrogen) atoms. The molecular weight excluding hydrogens is 204 g/mol. The van der Waals surface area contributed by atoms with Crippen molar-refractivity contribution in [2.45, 2.75) is 13.2 Å². The van der Waals surface area contributed by atoms with Crippen LogP contribution < -0.4 is 4.74 Å². The van der Waals surface area contributed by atoms with Crippen LogP contribution in [0, 0.1) is 0 Å². The molecule has 0 unspecified atom stereocenters. The van der Waals surface area contributed by atoms with Crippen LogP contribution in [-0.4, -0.2) is 7.11 Å². The van der Waals surface area contributed by atoms with Gasteiger partial charge in [-0.1, -0.05) is 12.1 Å². The second kappa shape index (κ2) is 5.37. The van der Waals surface area contributed by atoms with Gasteiger partial charge in [-0.2, -0.15) is 0 Å². The number of hydrogen-bond donors (Lipinski definition) is 0. The van der Waals surface area contributed by atoms with E-state index in [1.54, 1.807) is 13.4 Å². The molecule has 3 heteroatoms. The van der Waals surface area contributed by atoms with Crippen LogP contribution in [0.1, 0.15) is 11.3 Å². The minimum atomic E-state index is 0.499. The van der Waals surface area contributed by atoms with Gasteiger partial charge in [0.25, 0.3) is 0 Å². The number of hydrogen-bond acceptors (Lipinski definition) is 3. The van der Waals surface area contributed by atoms with Crippen LogP contribution in [0.25, 0.3) is 0 Å². The van der Waals surface area contributed by atoms with E-state index >= 15 is 0 Å². The Morgan fingerprint density at radius 2 is 1.88 bits per heavy atom. The third-order valence-corrected chi connectivity index (χ3v) is 2.25. The fourth-order valence-corrected chi connectivity index (χ4v) is 1.39. The second-order valence-corrected chi connectivity index (χ2v) is 3.42. The Hall–Kier alpha value is -1.74. The Balaban J connectivity index is 1.81. The summed E-state index contributed by atoms with van der Waals surface area (Å²) < 4.78 is 15.7. The van der Waals surface area contributed by atoms with Crippen LogP contribution in [0.3, 0.4) is 0 Å². The van der Waals surface area contributed by atoms with Crippen LogP contribution in [0.5, 0.6) is 5.75 Å². The minimum Gasteiger partial charge on any atom is -0.497 e. The fourth-order valence-electron chi connectivity index (χ4n) is 1.39. The zero-order chi connectivity index (χ0) is 11.2. The van der Waals surface area contributed by atoms with Gasteiger partial charge in [0.1, 0.15) is 18.1 Å². The van der Waals surface area contributed by atoms with E-state index in [9.17, 15) is 0 Å². The molecule has 0 saturated heterocycles. The standard InChI is InChI=1S/C13H14O3/c1-14-12-6-4-11(5-7-12)9-15-10-13-3-2-8-16-13/h2-8H,9-10H2,1H3. The fraction of sp³-hybridized carbons (Fsp3) is 0.231. The molecule has 0 fully saturated rings. The Kier molecular flexibility index (Phi) is 3.62. The van der Waals surface area contributed by atoms with Crippen molar-refractivity contribution in [3.8, 4) is 5.75 Å². The lowest BCUT2D eigenvalue weighted by Crippen LogP contribution is -1.93. The van der Waals surface area contributed by atoms with Crippen molar-refractivity contribution in [3.63, 3.8) is 0 Å². The molecular formula is C13H14O3. The molecule has 0 N–H and O–H groups in total. The topological polar surface area (TPSA) is 31.6 Å². The molecule has 0 aliphatic rings. The van der Waals surface area contributed by atoms with E-state index in [1.165, 1.54) is 0 Å². The molecule has 1 heterocycles. The van der Waals surface area contributed by atoms with E-state index in [-0.39, 0.29) is 0 Å². The Labute approximate surface area is 94.6 Å². The molecule has 1 aromatic heterocycles. The van der Waals surface area contributed by atoms with E-state index in [0.29, 0.717) is 13.2 Å². The Morgan fingerprint density at radius 3 is 2.50 bits per heavy atom. The van der Waals surface area contributed by atoms with Crippen LogP contribution in [-0.2, 0) is 18.0 Å². The highest BCUT2D eigenvalue weighted by Gasteiger charge is 1.97. The third-order valence-electron chi connectivity index (χ3n) is 2.25. The lowest BCUT2D eigenvalue weighted by atomic mass is 10.2. The van der Waals surface area contributed by atoms with Crippen molar-refractivity contribution in [1.82, 2.24) is 0 Å². The summed E-state index contributed by atoms with van der Waals surface area (Å²) in [5.41, 5.74) is 1.12. The predicted molar refractivity (Wildman–Crippen MR) is 60.2 cm³/mol. The largest absolute Gasteiger partial charge is 0.497 e. The maximum absolute atomic E-state index is 5.50. The van der Waals surface area contributed by atoms with Crippen molar-refractivity contribution in [2.24, 2.45) is 0 Å². The Morgan fingerprint density at radius 1 is 1.06 bits per heavy atom. The highest BCUT2D eigenvalue weighted by molar-refractivity contribution is 5.26. The van der Waals surface area contributed by atoms with Gasteiger partial charge in [-0.05, 0) is 29.8 Å². The molecule has 3 nitrogen and oxygen atoms in total. The monoisotopic (exact) mass is 218 g/mol. The first-order valence-corrected chi connectivity index (χ1v) is 5.11. The zero-order valence-electron chi connectivity index (χ0n) is 9.18. The van der Waals surface area contributed by atoms with Crippen LogP contribution in [0.15, 0.2) is 47.1 Å². The molecule has 0 bridgehead atoms. The summed E-state index contributed by atoms with van der Waals surface area (Å²) in [6.07, 6.45) is 1.64. The van der Waals surface area contributed by atoms with Gasteiger partial charge in [0.15, 0.2) is 0 Å². The SMILES string of the molecule is COc1ccc(COCc2ccco2)cc1. The first-order valence-electron chi connectivity index (χ1n) is 5.11. The predicted octanol–water partition coefficient (Wildman–Crippen LogP) is 3.01. The lowest BCUT2D eigenvalue weighted by molar-refractivity contribution is 0.0929. The first-order chi connectivity index (χ1) is 7.88. The molecule has 1 aromatic carbocycles. The number of ether oxygens (including phenoxy) is 2. The van der Waals surface area contributed by atoms with Crippen LogP contribution in [0.4, 0.5) is 0 Å². The smallest absolute Gasteiger partial charge is 0.129 e. The summed E-state index contributed by atoms with van der Waals surface area (Å²) in [5.74, 6) is 1.70. The van der Waals surface area contributed by atoms with Gasteiger partial charge in [0.2, 0.25) is 0 Å². The van der Waals surface area contributed by atoms with Crippen molar-refractivity contribution in [2.75, 3.05) is 7.11 Å². The molecule has 0 atom stereocenters. The van der Waals surface area contributed by atoms with Gasteiger partial charge >= 0.3 is 0 Å². The molecule has 0 aliphatic carbocycles. The van der Waals surface area contributed by atoms with E-state index < -0.39 is 0 Å². The number of methoxy groups -OCH3 is 1.